The lowest BCUT2D eigenvalue weighted by Gasteiger charge is -2.23. The van der Waals surface area contributed by atoms with Crippen molar-refractivity contribution < 1.29 is 9.18 Å². The average molecular weight is 279 g/mol. The lowest BCUT2D eigenvalue weighted by atomic mass is 10.2. The quantitative estimate of drug-likeness (QED) is 0.836. The van der Waals surface area contributed by atoms with Crippen molar-refractivity contribution in [2.24, 2.45) is 0 Å². The van der Waals surface area contributed by atoms with E-state index < -0.39 is 0 Å². The molecule has 3 rings (SSSR count). The first-order valence-electron chi connectivity index (χ1n) is 5.49. The molecule has 1 unspecified atom stereocenters. The summed E-state index contributed by atoms with van der Waals surface area (Å²) in [5.41, 5.74) is 0.367. The van der Waals surface area contributed by atoms with Crippen molar-refractivity contribution in [2.45, 2.75) is 5.37 Å². The predicted octanol–water partition coefficient (Wildman–Crippen LogP) is 3.67. The van der Waals surface area contributed by atoms with Gasteiger partial charge in [-0.3, -0.25) is 9.69 Å². The SMILES string of the molecule is O=C1CSC(c2cccs2)N1c1ccccc1F. The van der Waals surface area contributed by atoms with Crippen molar-refractivity contribution >= 4 is 34.7 Å². The van der Waals surface area contributed by atoms with Crippen LogP contribution in [0.3, 0.4) is 0 Å². The molecule has 1 atom stereocenters. The number of thioether (sulfide) groups is 1. The zero-order chi connectivity index (χ0) is 12.5. The van der Waals surface area contributed by atoms with E-state index in [0.29, 0.717) is 11.4 Å². The number of rotatable bonds is 2. The van der Waals surface area contributed by atoms with Crippen LogP contribution in [0.25, 0.3) is 0 Å². The topological polar surface area (TPSA) is 20.3 Å². The molecule has 2 nitrogen and oxygen atoms in total. The van der Waals surface area contributed by atoms with Crippen molar-refractivity contribution in [1.29, 1.82) is 0 Å². The van der Waals surface area contributed by atoms with Crippen LogP contribution in [0, 0.1) is 5.82 Å². The van der Waals surface area contributed by atoms with Crippen LogP contribution in [0.2, 0.25) is 0 Å². The highest BCUT2D eigenvalue weighted by atomic mass is 32.2. The molecule has 1 aromatic carbocycles. The van der Waals surface area contributed by atoms with Gasteiger partial charge in [-0.1, -0.05) is 18.2 Å². The molecule has 0 saturated carbocycles. The Morgan fingerprint density at radius 2 is 2.06 bits per heavy atom. The van der Waals surface area contributed by atoms with Crippen molar-refractivity contribution in [2.75, 3.05) is 10.7 Å². The van der Waals surface area contributed by atoms with Gasteiger partial charge in [0, 0.05) is 4.88 Å². The molecule has 92 valence electrons. The standard InChI is InChI=1S/C13H10FNOS2/c14-9-4-1-2-5-10(9)15-12(16)8-18-13(15)11-6-3-7-17-11/h1-7,13H,8H2. The molecule has 0 N–H and O–H groups in total. The fourth-order valence-corrected chi connectivity index (χ4v) is 4.10. The van der Waals surface area contributed by atoms with Crippen LogP contribution >= 0.6 is 23.1 Å². The number of benzene rings is 1. The predicted molar refractivity (Wildman–Crippen MR) is 73.4 cm³/mol. The molecule has 1 amide bonds. The minimum atomic E-state index is -0.352. The first-order valence-corrected chi connectivity index (χ1v) is 7.42. The Morgan fingerprint density at radius 1 is 1.22 bits per heavy atom. The number of thiophene rings is 1. The Hall–Kier alpha value is -1.33. The molecule has 0 spiro atoms. The van der Waals surface area contributed by atoms with Gasteiger partial charge in [-0.25, -0.2) is 4.39 Å². The maximum absolute atomic E-state index is 13.8. The fourth-order valence-electron chi connectivity index (χ4n) is 1.97. The average Bonchev–Trinajstić information content (AvgIpc) is 2.99. The summed E-state index contributed by atoms with van der Waals surface area (Å²) in [4.78, 5) is 14.6. The number of carbonyl (C=O) groups excluding carboxylic acids is 1. The van der Waals surface area contributed by atoms with Gasteiger partial charge >= 0.3 is 0 Å². The molecule has 0 aliphatic carbocycles. The lowest BCUT2D eigenvalue weighted by Crippen LogP contribution is -2.28. The van der Waals surface area contributed by atoms with Crippen molar-refractivity contribution in [3.8, 4) is 0 Å². The Kier molecular flexibility index (Phi) is 3.09. The zero-order valence-electron chi connectivity index (χ0n) is 9.38. The molecule has 1 aliphatic rings. The largest absolute Gasteiger partial charge is 0.291 e. The van der Waals surface area contributed by atoms with E-state index in [1.807, 2.05) is 17.5 Å². The highest BCUT2D eigenvalue weighted by Gasteiger charge is 2.35. The molecule has 2 heterocycles. The van der Waals surface area contributed by atoms with Crippen LogP contribution in [-0.2, 0) is 4.79 Å². The van der Waals surface area contributed by atoms with Gasteiger partial charge in [-0.2, -0.15) is 0 Å². The molecule has 0 radical (unpaired) electrons. The number of halogens is 1. The Labute approximate surface area is 112 Å². The number of anilines is 1. The number of carbonyl (C=O) groups is 1. The van der Waals surface area contributed by atoms with Gasteiger partial charge in [-0.15, -0.1) is 23.1 Å². The van der Waals surface area contributed by atoms with Crippen LogP contribution in [-0.4, -0.2) is 11.7 Å². The monoisotopic (exact) mass is 279 g/mol. The summed E-state index contributed by atoms with van der Waals surface area (Å²) < 4.78 is 13.8. The van der Waals surface area contributed by atoms with Gasteiger partial charge in [0.2, 0.25) is 5.91 Å². The maximum Gasteiger partial charge on any atom is 0.238 e. The summed E-state index contributed by atoms with van der Waals surface area (Å²) in [6.07, 6.45) is 0. The van der Waals surface area contributed by atoms with Gasteiger partial charge in [0.25, 0.3) is 0 Å². The highest BCUT2D eigenvalue weighted by molar-refractivity contribution is 8.01. The molecular formula is C13H10FNOS2. The second-order valence-corrected chi connectivity index (χ2v) is 5.94. The van der Waals surface area contributed by atoms with Crippen molar-refractivity contribution in [3.63, 3.8) is 0 Å². The van der Waals surface area contributed by atoms with Gasteiger partial charge < -0.3 is 0 Å². The third-order valence-corrected chi connectivity index (χ3v) is 5.03. The van der Waals surface area contributed by atoms with Crippen molar-refractivity contribution in [1.82, 2.24) is 0 Å². The summed E-state index contributed by atoms with van der Waals surface area (Å²) in [5.74, 6) is 0.00934. The molecule has 5 heteroatoms. The molecule has 1 aromatic heterocycles. The summed E-state index contributed by atoms with van der Waals surface area (Å²) in [6, 6.07) is 10.3. The number of hydrogen-bond acceptors (Lipinski definition) is 3. The van der Waals surface area contributed by atoms with Crippen LogP contribution in [0.1, 0.15) is 10.3 Å². The number of para-hydroxylation sites is 1. The normalized spacial score (nSPS) is 19.5. The smallest absolute Gasteiger partial charge is 0.238 e. The summed E-state index contributed by atoms with van der Waals surface area (Å²) in [7, 11) is 0. The molecular weight excluding hydrogens is 269 g/mol. The van der Waals surface area contributed by atoms with Crippen LogP contribution < -0.4 is 4.90 Å². The van der Waals surface area contributed by atoms with Gasteiger partial charge in [-0.05, 0) is 23.6 Å². The minimum Gasteiger partial charge on any atom is -0.291 e. The lowest BCUT2D eigenvalue weighted by molar-refractivity contribution is -0.115. The Bertz CT molecular complexity index is 570. The Balaban J connectivity index is 2.03. The first kappa shape index (κ1) is 11.7. The van der Waals surface area contributed by atoms with Crippen LogP contribution in [0.5, 0.6) is 0 Å². The van der Waals surface area contributed by atoms with E-state index in [0.717, 1.165) is 4.88 Å². The van der Waals surface area contributed by atoms with Crippen LogP contribution in [0.4, 0.5) is 10.1 Å². The zero-order valence-corrected chi connectivity index (χ0v) is 11.0. The third kappa shape index (κ3) is 1.93. The minimum absolute atomic E-state index is 0.0384. The number of hydrogen-bond donors (Lipinski definition) is 0. The maximum atomic E-state index is 13.8. The Morgan fingerprint density at radius 3 is 2.78 bits per heavy atom. The van der Waals surface area contributed by atoms with E-state index >= 15 is 0 Å². The van der Waals surface area contributed by atoms with Gasteiger partial charge in [0.1, 0.15) is 11.2 Å². The molecule has 1 saturated heterocycles. The summed E-state index contributed by atoms with van der Waals surface area (Å²) in [6.45, 7) is 0. The molecule has 1 fully saturated rings. The summed E-state index contributed by atoms with van der Waals surface area (Å²) >= 11 is 3.13. The van der Waals surface area contributed by atoms with E-state index in [1.54, 1.807) is 34.4 Å². The van der Waals surface area contributed by atoms with Crippen LogP contribution in [0.15, 0.2) is 41.8 Å². The molecule has 18 heavy (non-hydrogen) atoms. The molecule has 1 aliphatic heterocycles. The van der Waals surface area contributed by atoms with Gasteiger partial charge in [0.05, 0.1) is 11.4 Å². The van der Waals surface area contributed by atoms with E-state index in [1.165, 1.54) is 17.8 Å². The second kappa shape index (κ2) is 4.74. The third-order valence-electron chi connectivity index (χ3n) is 2.77. The highest BCUT2D eigenvalue weighted by Crippen LogP contribution is 2.43. The summed E-state index contributed by atoms with van der Waals surface area (Å²) in [5, 5.41) is 1.87. The first-order chi connectivity index (χ1) is 8.77. The molecule has 2 aromatic rings. The fraction of sp³-hybridized carbons (Fsp3) is 0.154. The van der Waals surface area contributed by atoms with Gasteiger partial charge in [0.15, 0.2) is 0 Å². The number of amides is 1. The number of nitrogens with zero attached hydrogens (tertiary/aromatic N) is 1. The van der Waals surface area contributed by atoms with E-state index in [-0.39, 0.29) is 17.1 Å². The van der Waals surface area contributed by atoms with E-state index in [4.69, 9.17) is 0 Å². The van der Waals surface area contributed by atoms with Crippen molar-refractivity contribution in [3.05, 3.63) is 52.5 Å². The van der Waals surface area contributed by atoms with E-state index in [2.05, 4.69) is 0 Å². The second-order valence-electron chi connectivity index (χ2n) is 3.89. The van der Waals surface area contributed by atoms with E-state index in [9.17, 15) is 9.18 Å². The molecule has 0 bridgehead atoms.